The zero-order valence-corrected chi connectivity index (χ0v) is 19.7. The summed E-state index contributed by atoms with van der Waals surface area (Å²) in [4.78, 5) is 21.5. The number of methoxy groups -OCH3 is 1. The number of nitriles is 1. The van der Waals surface area contributed by atoms with E-state index in [2.05, 4.69) is 40.3 Å². The molecule has 0 atom stereocenters. The van der Waals surface area contributed by atoms with Crippen LogP contribution in [0.2, 0.25) is 0 Å². The van der Waals surface area contributed by atoms with E-state index >= 15 is 0 Å². The van der Waals surface area contributed by atoms with Gasteiger partial charge in [0.25, 0.3) is 5.91 Å². The summed E-state index contributed by atoms with van der Waals surface area (Å²) in [5.41, 5.74) is 3.53. The second-order valence-electron chi connectivity index (χ2n) is 9.07. The van der Waals surface area contributed by atoms with E-state index in [1.807, 2.05) is 6.07 Å². The largest absolute Gasteiger partial charge is 0.494 e. The molecule has 1 aliphatic carbocycles. The lowest BCUT2D eigenvalue weighted by atomic mass is 9.75. The van der Waals surface area contributed by atoms with Crippen LogP contribution in [-0.2, 0) is 4.79 Å². The molecule has 0 unspecified atom stereocenters. The molecular formula is C25H27N5O2S. The highest BCUT2D eigenvalue weighted by Gasteiger charge is 2.59. The zero-order chi connectivity index (χ0) is 23.2. The number of pyridine rings is 1. The fourth-order valence-corrected chi connectivity index (χ4v) is 5.78. The predicted octanol–water partition coefficient (Wildman–Crippen LogP) is 3.80. The lowest BCUT2D eigenvalue weighted by Crippen LogP contribution is -2.55. The third kappa shape index (κ3) is 3.38. The van der Waals surface area contributed by atoms with Crippen molar-refractivity contribution in [3.05, 3.63) is 47.3 Å². The van der Waals surface area contributed by atoms with Gasteiger partial charge in [-0.1, -0.05) is 12.1 Å². The third-order valence-corrected chi connectivity index (χ3v) is 7.65. The van der Waals surface area contributed by atoms with Crippen LogP contribution in [0.1, 0.15) is 54.8 Å². The first-order chi connectivity index (χ1) is 16.0. The zero-order valence-electron chi connectivity index (χ0n) is 18.9. The van der Waals surface area contributed by atoms with Crippen LogP contribution in [0.15, 0.2) is 30.5 Å². The first-order valence-electron chi connectivity index (χ1n) is 11.4. The number of hydrogen-bond acceptors (Lipinski definition) is 6. The molecule has 3 fully saturated rings. The van der Waals surface area contributed by atoms with Gasteiger partial charge in [0.05, 0.1) is 19.0 Å². The van der Waals surface area contributed by atoms with E-state index < -0.39 is 5.54 Å². The maximum absolute atomic E-state index is 13.7. The van der Waals surface area contributed by atoms with E-state index in [0.29, 0.717) is 22.5 Å². The Kier molecular flexibility index (Phi) is 5.55. The summed E-state index contributed by atoms with van der Waals surface area (Å²) >= 11 is 5.90. The first-order valence-corrected chi connectivity index (χ1v) is 11.8. The van der Waals surface area contributed by atoms with Crippen molar-refractivity contribution in [2.45, 2.75) is 50.5 Å². The first kappa shape index (κ1) is 21.8. The van der Waals surface area contributed by atoms with E-state index in [1.54, 1.807) is 11.0 Å². The minimum atomic E-state index is -0.654. The van der Waals surface area contributed by atoms with Crippen molar-refractivity contribution in [3.63, 3.8) is 0 Å². The lowest BCUT2D eigenvalue weighted by Gasteiger charge is -2.43. The molecule has 0 bridgehead atoms. The number of aryl methyl sites for hydroxylation is 1. The molecule has 1 N–H and O–H groups in total. The number of nitrogens with zero attached hydrogens (tertiary/aromatic N) is 4. The Morgan fingerprint density at radius 1 is 1.27 bits per heavy atom. The molecule has 1 aromatic carbocycles. The highest BCUT2D eigenvalue weighted by molar-refractivity contribution is 7.81. The van der Waals surface area contributed by atoms with Crippen molar-refractivity contribution < 1.29 is 9.53 Å². The highest BCUT2D eigenvalue weighted by atomic mass is 32.1. The number of benzene rings is 1. The summed E-state index contributed by atoms with van der Waals surface area (Å²) in [5, 5.41) is 13.1. The summed E-state index contributed by atoms with van der Waals surface area (Å²) in [6, 6.07) is 10.3. The van der Waals surface area contributed by atoms with Gasteiger partial charge in [-0.2, -0.15) is 5.26 Å². The fraction of sp³-hybridized carbons (Fsp3) is 0.440. The molecule has 7 nitrogen and oxygen atoms in total. The monoisotopic (exact) mass is 461 g/mol. The molecule has 33 heavy (non-hydrogen) atoms. The Morgan fingerprint density at radius 3 is 2.64 bits per heavy atom. The van der Waals surface area contributed by atoms with E-state index in [1.165, 1.54) is 18.9 Å². The van der Waals surface area contributed by atoms with Crippen LogP contribution >= 0.6 is 12.2 Å². The van der Waals surface area contributed by atoms with Crippen molar-refractivity contribution >= 4 is 34.6 Å². The normalized spacial score (nSPS) is 20.2. The van der Waals surface area contributed by atoms with Crippen LogP contribution in [0.4, 0.5) is 11.4 Å². The fourth-order valence-electron chi connectivity index (χ4n) is 5.32. The van der Waals surface area contributed by atoms with Crippen LogP contribution in [0, 0.1) is 18.3 Å². The molecule has 170 valence electrons. The predicted molar refractivity (Wildman–Crippen MR) is 131 cm³/mol. The van der Waals surface area contributed by atoms with Gasteiger partial charge in [0.1, 0.15) is 11.6 Å². The molecule has 5 rings (SSSR count). The average Bonchev–Trinajstić information content (AvgIpc) is 3.05. The van der Waals surface area contributed by atoms with E-state index in [0.717, 1.165) is 56.4 Å². The van der Waals surface area contributed by atoms with Gasteiger partial charge in [0.2, 0.25) is 0 Å². The van der Waals surface area contributed by atoms with Gasteiger partial charge in [0, 0.05) is 11.8 Å². The minimum Gasteiger partial charge on any atom is -0.494 e. The number of nitrogens with one attached hydrogen (secondary N) is 1. The number of ether oxygens (including phenoxy) is 1. The smallest absolute Gasteiger partial charge is 0.259 e. The van der Waals surface area contributed by atoms with Gasteiger partial charge in [-0.05, 0) is 87.4 Å². The van der Waals surface area contributed by atoms with Crippen LogP contribution < -0.4 is 19.9 Å². The topological polar surface area (TPSA) is 81.5 Å². The quantitative estimate of drug-likeness (QED) is 0.694. The number of hydrogen-bond donors (Lipinski definition) is 1. The number of aromatic nitrogens is 1. The molecule has 1 saturated carbocycles. The molecular weight excluding hydrogens is 434 g/mol. The molecule has 1 amide bonds. The van der Waals surface area contributed by atoms with Crippen LogP contribution in [0.3, 0.4) is 0 Å². The molecule has 1 spiro atoms. The molecule has 2 saturated heterocycles. The Hall–Kier alpha value is -3.02. The molecule has 0 radical (unpaired) electrons. The highest BCUT2D eigenvalue weighted by Crippen LogP contribution is 2.49. The molecule has 8 heteroatoms. The standard InChI is InChI=1S/C25H27N5O2S/c1-16-12-18(17-6-10-27-11-7-17)4-5-21(16)30-24(33)29(23(31)25(30)8-3-9-25)19-13-22(32-2)20(14-26)28-15-19/h4-5,12-13,15,17,27H,3,6-11H2,1-2H3. The Bertz CT molecular complexity index is 1160. The molecule has 3 aliphatic rings. The van der Waals surface area contributed by atoms with Crippen molar-refractivity contribution in [1.82, 2.24) is 10.3 Å². The Balaban J connectivity index is 1.53. The average molecular weight is 462 g/mol. The third-order valence-electron chi connectivity index (χ3n) is 7.29. The van der Waals surface area contributed by atoms with Crippen molar-refractivity contribution in [2.75, 3.05) is 30.0 Å². The van der Waals surface area contributed by atoms with Gasteiger partial charge in [-0.25, -0.2) is 4.98 Å². The summed E-state index contributed by atoms with van der Waals surface area (Å²) in [6.45, 7) is 4.21. The second-order valence-corrected chi connectivity index (χ2v) is 9.44. The Labute approximate surface area is 199 Å². The number of anilines is 2. The number of carbonyl (C=O) groups excluding carboxylic acids is 1. The van der Waals surface area contributed by atoms with Crippen molar-refractivity contribution in [1.29, 1.82) is 5.26 Å². The second kappa shape index (κ2) is 8.40. The molecule has 1 aromatic heterocycles. The van der Waals surface area contributed by atoms with Crippen LogP contribution in [0.5, 0.6) is 5.75 Å². The van der Waals surface area contributed by atoms with Crippen LogP contribution in [0.25, 0.3) is 0 Å². The molecule has 3 heterocycles. The van der Waals surface area contributed by atoms with E-state index in [9.17, 15) is 10.1 Å². The minimum absolute atomic E-state index is 0.0332. The van der Waals surface area contributed by atoms with Crippen molar-refractivity contribution in [3.8, 4) is 11.8 Å². The SMILES string of the molecule is COc1cc(N2C(=O)C3(CCC3)N(c3ccc(C4CCNCC4)cc3C)C2=S)cnc1C#N. The number of carbonyl (C=O) groups is 1. The van der Waals surface area contributed by atoms with E-state index in [4.69, 9.17) is 17.0 Å². The summed E-state index contributed by atoms with van der Waals surface area (Å²) in [5.74, 6) is 0.862. The number of piperidine rings is 1. The van der Waals surface area contributed by atoms with Crippen molar-refractivity contribution in [2.24, 2.45) is 0 Å². The Morgan fingerprint density at radius 2 is 2.03 bits per heavy atom. The van der Waals surface area contributed by atoms with Gasteiger partial charge in [-0.3, -0.25) is 9.69 Å². The van der Waals surface area contributed by atoms with E-state index in [-0.39, 0.29) is 11.6 Å². The number of rotatable bonds is 4. The number of amides is 1. The van der Waals surface area contributed by atoms with Gasteiger partial charge >= 0.3 is 0 Å². The molecule has 2 aliphatic heterocycles. The summed E-state index contributed by atoms with van der Waals surface area (Å²) in [6.07, 6.45) is 6.32. The van der Waals surface area contributed by atoms with Gasteiger partial charge in [-0.15, -0.1) is 0 Å². The van der Waals surface area contributed by atoms with Gasteiger partial charge in [0.15, 0.2) is 16.6 Å². The number of thiocarbonyl (C=S) groups is 1. The lowest BCUT2D eigenvalue weighted by molar-refractivity contribution is -0.123. The van der Waals surface area contributed by atoms with Crippen LogP contribution in [-0.4, -0.2) is 41.7 Å². The summed E-state index contributed by atoms with van der Waals surface area (Å²) < 4.78 is 5.32. The maximum Gasteiger partial charge on any atom is 0.259 e. The molecule has 2 aromatic rings. The maximum atomic E-state index is 13.7. The van der Waals surface area contributed by atoms with Gasteiger partial charge < -0.3 is 15.0 Å². The summed E-state index contributed by atoms with van der Waals surface area (Å²) in [7, 11) is 1.48.